The van der Waals surface area contributed by atoms with E-state index in [2.05, 4.69) is 0 Å². The number of rotatable bonds is 4. The highest BCUT2D eigenvalue weighted by atomic mass is 35.5. The van der Waals surface area contributed by atoms with Crippen LogP contribution in [0.1, 0.15) is 4.88 Å². The summed E-state index contributed by atoms with van der Waals surface area (Å²) in [4.78, 5) is 13.9. The molecule has 2 aromatic rings. The van der Waals surface area contributed by atoms with E-state index in [1.165, 1.54) is 17.4 Å². The number of nitriles is 2. The lowest BCUT2D eigenvalue weighted by molar-refractivity contribution is -0.124. The van der Waals surface area contributed by atoms with Crippen molar-refractivity contribution in [3.8, 4) is 12.1 Å². The van der Waals surface area contributed by atoms with Crippen molar-refractivity contribution in [3.05, 3.63) is 40.2 Å². The third kappa shape index (κ3) is 3.41. The number of hydrogen-bond acceptors (Lipinski definition) is 4. The van der Waals surface area contributed by atoms with Gasteiger partial charge in [-0.15, -0.1) is 11.3 Å². The van der Waals surface area contributed by atoms with Crippen LogP contribution >= 0.6 is 22.9 Å². The van der Waals surface area contributed by atoms with Gasteiger partial charge < -0.3 is 4.90 Å². The van der Waals surface area contributed by atoms with E-state index in [-0.39, 0.29) is 19.0 Å². The molecule has 4 nitrogen and oxygen atoms in total. The second-order valence-corrected chi connectivity index (χ2v) is 5.58. The summed E-state index contributed by atoms with van der Waals surface area (Å²) >= 11 is 7.76. The molecule has 0 N–H and O–H groups in total. The number of fused-ring (bicyclic) bond motifs is 1. The quantitative estimate of drug-likeness (QED) is 0.641. The van der Waals surface area contributed by atoms with E-state index < -0.39 is 0 Å². The summed E-state index contributed by atoms with van der Waals surface area (Å²) in [6.07, 6.45) is 2.96. The molecular formula is C15H10ClN3OS. The van der Waals surface area contributed by atoms with Gasteiger partial charge in [0.05, 0.1) is 17.2 Å². The minimum atomic E-state index is -0.383. The number of hydrogen-bond donors (Lipinski definition) is 0. The minimum absolute atomic E-state index is 0.114. The Hall–Kier alpha value is -2.34. The van der Waals surface area contributed by atoms with Crippen molar-refractivity contribution in [1.29, 1.82) is 10.5 Å². The van der Waals surface area contributed by atoms with E-state index in [1.807, 2.05) is 36.4 Å². The van der Waals surface area contributed by atoms with Crippen molar-refractivity contribution < 1.29 is 4.79 Å². The standard InChI is InChI=1S/C15H10ClN3OS/c16-15-11-3-1-2-4-12(11)21-13(15)5-6-14(20)19(9-7-17)10-8-18/h1-6H,9-10H2. The first kappa shape index (κ1) is 15.1. The van der Waals surface area contributed by atoms with Crippen LogP contribution in [0.3, 0.4) is 0 Å². The molecule has 1 aromatic heterocycles. The van der Waals surface area contributed by atoms with Crippen molar-refractivity contribution in [2.75, 3.05) is 13.1 Å². The maximum Gasteiger partial charge on any atom is 0.248 e. The molecule has 0 aliphatic rings. The molecule has 0 radical (unpaired) electrons. The molecule has 0 aliphatic carbocycles. The highest BCUT2D eigenvalue weighted by Crippen LogP contribution is 2.35. The molecule has 104 valence electrons. The topological polar surface area (TPSA) is 67.9 Å². The number of carbonyl (C=O) groups is 1. The van der Waals surface area contributed by atoms with E-state index in [0.29, 0.717) is 5.02 Å². The van der Waals surface area contributed by atoms with Crippen LogP contribution in [0.25, 0.3) is 16.2 Å². The fourth-order valence-electron chi connectivity index (χ4n) is 1.77. The predicted molar refractivity (Wildman–Crippen MR) is 83.7 cm³/mol. The summed E-state index contributed by atoms with van der Waals surface area (Å²) in [7, 11) is 0. The molecule has 0 bridgehead atoms. The second-order valence-electron chi connectivity index (χ2n) is 4.12. The number of thiophene rings is 1. The van der Waals surface area contributed by atoms with Crippen molar-refractivity contribution >= 4 is 45.0 Å². The van der Waals surface area contributed by atoms with Crippen molar-refractivity contribution in [2.24, 2.45) is 0 Å². The molecular weight excluding hydrogens is 306 g/mol. The van der Waals surface area contributed by atoms with Crippen LogP contribution in [-0.4, -0.2) is 23.9 Å². The smallest absolute Gasteiger partial charge is 0.248 e. The van der Waals surface area contributed by atoms with Crippen molar-refractivity contribution in [2.45, 2.75) is 0 Å². The van der Waals surface area contributed by atoms with Gasteiger partial charge in [0, 0.05) is 21.0 Å². The van der Waals surface area contributed by atoms with Gasteiger partial charge in [-0.2, -0.15) is 10.5 Å². The molecule has 0 spiro atoms. The van der Waals surface area contributed by atoms with E-state index in [4.69, 9.17) is 22.1 Å². The van der Waals surface area contributed by atoms with Crippen LogP contribution in [0.2, 0.25) is 5.02 Å². The van der Waals surface area contributed by atoms with Crippen molar-refractivity contribution in [3.63, 3.8) is 0 Å². The van der Waals surface area contributed by atoms with Gasteiger partial charge in [0.1, 0.15) is 13.1 Å². The fraction of sp³-hybridized carbons (Fsp3) is 0.133. The van der Waals surface area contributed by atoms with Crippen LogP contribution in [0.4, 0.5) is 0 Å². The Labute approximate surface area is 131 Å². The Morgan fingerprint density at radius 3 is 2.57 bits per heavy atom. The zero-order valence-corrected chi connectivity index (χ0v) is 12.5. The van der Waals surface area contributed by atoms with Crippen LogP contribution < -0.4 is 0 Å². The third-order valence-electron chi connectivity index (χ3n) is 2.77. The molecule has 2 rings (SSSR count). The zero-order valence-electron chi connectivity index (χ0n) is 10.9. The van der Waals surface area contributed by atoms with E-state index in [0.717, 1.165) is 19.9 Å². The Morgan fingerprint density at radius 2 is 1.95 bits per heavy atom. The fourth-order valence-corrected chi connectivity index (χ4v) is 3.17. The summed E-state index contributed by atoms with van der Waals surface area (Å²) in [5.74, 6) is -0.383. The van der Waals surface area contributed by atoms with Gasteiger partial charge in [-0.05, 0) is 12.1 Å². The molecule has 1 amide bonds. The average molecular weight is 316 g/mol. The number of carbonyl (C=O) groups excluding carboxylic acids is 1. The Balaban J connectivity index is 2.23. The second kappa shape index (κ2) is 6.90. The van der Waals surface area contributed by atoms with Gasteiger partial charge in [-0.25, -0.2) is 0 Å². The Morgan fingerprint density at radius 1 is 1.29 bits per heavy atom. The summed E-state index contributed by atoms with van der Waals surface area (Å²) in [6, 6.07) is 11.4. The molecule has 0 aliphatic heterocycles. The number of halogens is 1. The van der Waals surface area contributed by atoms with Crippen LogP contribution in [0, 0.1) is 22.7 Å². The lowest BCUT2D eigenvalue weighted by Gasteiger charge is -2.12. The molecule has 0 fully saturated rings. The first-order chi connectivity index (χ1) is 10.2. The lowest BCUT2D eigenvalue weighted by Crippen LogP contribution is -2.30. The van der Waals surface area contributed by atoms with Gasteiger partial charge >= 0.3 is 0 Å². The summed E-state index contributed by atoms with van der Waals surface area (Å²) in [5, 5.41) is 18.8. The maximum atomic E-state index is 11.9. The Kier molecular flexibility index (Phi) is 4.94. The molecule has 6 heteroatoms. The van der Waals surface area contributed by atoms with Gasteiger partial charge in [0.25, 0.3) is 0 Å². The van der Waals surface area contributed by atoms with Crippen LogP contribution in [0.5, 0.6) is 0 Å². The van der Waals surface area contributed by atoms with Gasteiger partial charge in [-0.3, -0.25) is 4.79 Å². The Bertz CT molecular complexity index is 766. The molecule has 0 unspecified atom stereocenters. The summed E-state index contributed by atoms with van der Waals surface area (Å²) in [5.41, 5.74) is 0. The van der Waals surface area contributed by atoms with Gasteiger partial charge in [0.15, 0.2) is 0 Å². The molecule has 21 heavy (non-hydrogen) atoms. The highest BCUT2D eigenvalue weighted by molar-refractivity contribution is 7.20. The average Bonchev–Trinajstić information content (AvgIpc) is 2.81. The molecule has 1 aromatic carbocycles. The first-order valence-corrected chi connectivity index (χ1v) is 7.24. The molecule has 0 atom stereocenters. The van der Waals surface area contributed by atoms with E-state index in [9.17, 15) is 4.79 Å². The highest BCUT2D eigenvalue weighted by Gasteiger charge is 2.11. The SMILES string of the molecule is N#CCN(CC#N)C(=O)C=Cc1sc2ccccc2c1Cl. The summed E-state index contributed by atoms with van der Waals surface area (Å²) < 4.78 is 1.04. The van der Waals surface area contributed by atoms with Crippen LogP contribution in [-0.2, 0) is 4.79 Å². The normalized spacial score (nSPS) is 10.4. The van der Waals surface area contributed by atoms with Gasteiger partial charge in [0.2, 0.25) is 5.91 Å². The predicted octanol–water partition coefficient (Wildman–Crippen LogP) is 3.44. The molecule has 0 saturated carbocycles. The molecule has 0 saturated heterocycles. The van der Waals surface area contributed by atoms with E-state index >= 15 is 0 Å². The lowest BCUT2D eigenvalue weighted by atomic mass is 10.2. The monoisotopic (exact) mass is 315 g/mol. The third-order valence-corrected chi connectivity index (χ3v) is 4.43. The summed E-state index contributed by atoms with van der Waals surface area (Å²) in [6.45, 7) is -0.228. The maximum absolute atomic E-state index is 11.9. The first-order valence-electron chi connectivity index (χ1n) is 6.05. The van der Waals surface area contributed by atoms with Gasteiger partial charge in [-0.1, -0.05) is 29.8 Å². The number of benzene rings is 1. The van der Waals surface area contributed by atoms with Crippen molar-refractivity contribution in [1.82, 2.24) is 4.90 Å². The number of nitrogens with zero attached hydrogens (tertiary/aromatic N) is 3. The largest absolute Gasteiger partial charge is 0.313 e. The minimum Gasteiger partial charge on any atom is -0.313 e. The van der Waals surface area contributed by atoms with Crippen LogP contribution in [0.15, 0.2) is 30.3 Å². The number of amides is 1. The molecule has 1 heterocycles. The van der Waals surface area contributed by atoms with E-state index in [1.54, 1.807) is 6.08 Å². The zero-order chi connectivity index (χ0) is 15.2.